The van der Waals surface area contributed by atoms with Gasteiger partial charge in [-0.3, -0.25) is 9.58 Å². The number of halogens is 1. The number of aryl methyl sites for hydroxylation is 1. The Bertz CT molecular complexity index is 1580. The number of fused-ring (bicyclic) bond motifs is 1. The molecule has 0 spiro atoms. The number of hydrogen-bond donors (Lipinski definition) is 0. The Morgan fingerprint density at radius 2 is 1.76 bits per heavy atom. The molecule has 1 fully saturated rings. The average Bonchev–Trinajstić information content (AvgIpc) is 3.40. The van der Waals surface area contributed by atoms with Gasteiger partial charge in [-0.2, -0.15) is 5.10 Å². The molecular weight excluding hydrogens is 481 g/mol. The van der Waals surface area contributed by atoms with E-state index in [1.165, 1.54) is 6.07 Å². The smallest absolute Gasteiger partial charge is 0.131 e. The van der Waals surface area contributed by atoms with Crippen molar-refractivity contribution in [2.75, 3.05) is 38.2 Å². The monoisotopic (exact) mass is 509 g/mol. The van der Waals surface area contributed by atoms with Crippen molar-refractivity contribution in [3.63, 3.8) is 0 Å². The first kappa shape index (κ1) is 24.0. The maximum atomic E-state index is 14.4. The average molecular weight is 510 g/mol. The molecule has 0 saturated carbocycles. The maximum absolute atomic E-state index is 14.4. The van der Waals surface area contributed by atoms with Crippen LogP contribution in [0.15, 0.2) is 73.6 Å². The topological polar surface area (TPSA) is 72.2 Å². The van der Waals surface area contributed by atoms with E-state index in [1.807, 2.05) is 37.9 Å². The fourth-order valence-corrected chi connectivity index (χ4v) is 4.95. The molecule has 9 heteroatoms. The minimum Gasteiger partial charge on any atom is -0.497 e. The molecule has 0 aliphatic carbocycles. The summed E-state index contributed by atoms with van der Waals surface area (Å²) in [6.45, 7) is 3.92. The zero-order chi connectivity index (χ0) is 26.1. The lowest BCUT2D eigenvalue weighted by Crippen LogP contribution is -2.46. The molecule has 5 aromatic rings. The molecule has 1 aliphatic rings. The number of benzene rings is 2. The Kier molecular flexibility index (Phi) is 6.43. The van der Waals surface area contributed by atoms with Crippen molar-refractivity contribution in [1.82, 2.24) is 29.6 Å². The Hall–Kier alpha value is -4.37. The second-order valence-corrected chi connectivity index (χ2v) is 9.51. The van der Waals surface area contributed by atoms with Crippen LogP contribution in [-0.4, -0.2) is 62.9 Å². The lowest BCUT2D eigenvalue weighted by molar-refractivity contribution is 0.246. The lowest BCUT2D eigenvalue weighted by Gasteiger charge is -2.35. The minimum atomic E-state index is -0.227. The maximum Gasteiger partial charge on any atom is 0.131 e. The molecular formula is C29H28FN7O. The van der Waals surface area contributed by atoms with Crippen molar-refractivity contribution in [1.29, 1.82) is 0 Å². The summed E-state index contributed by atoms with van der Waals surface area (Å²) in [4.78, 5) is 18.1. The van der Waals surface area contributed by atoms with E-state index in [0.717, 1.165) is 65.2 Å². The van der Waals surface area contributed by atoms with Gasteiger partial charge in [0.1, 0.15) is 23.7 Å². The summed E-state index contributed by atoms with van der Waals surface area (Å²) in [5.41, 5.74) is 5.69. The highest BCUT2D eigenvalue weighted by Crippen LogP contribution is 2.33. The SMILES string of the molecule is COc1ccc(CN2CCN(c3ccc(-c4cc(-c5cnn(C)c5)cc5ncncc45)cn3)CC2)c(F)c1. The summed E-state index contributed by atoms with van der Waals surface area (Å²) >= 11 is 0. The van der Waals surface area contributed by atoms with Crippen molar-refractivity contribution in [3.05, 3.63) is 85.0 Å². The molecule has 0 amide bonds. The predicted octanol–water partition coefficient (Wildman–Crippen LogP) is 4.56. The summed E-state index contributed by atoms with van der Waals surface area (Å²) < 4.78 is 21.3. The summed E-state index contributed by atoms with van der Waals surface area (Å²) in [6, 6.07) is 13.4. The predicted molar refractivity (Wildman–Crippen MR) is 145 cm³/mol. The normalized spacial score (nSPS) is 14.2. The van der Waals surface area contributed by atoms with E-state index in [9.17, 15) is 4.39 Å². The number of methoxy groups -OCH3 is 1. The van der Waals surface area contributed by atoms with Gasteiger partial charge in [0.25, 0.3) is 0 Å². The van der Waals surface area contributed by atoms with Gasteiger partial charge >= 0.3 is 0 Å². The number of anilines is 1. The van der Waals surface area contributed by atoms with Gasteiger partial charge in [0.05, 0.1) is 18.8 Å². The quantitative estimate of drug-likeness (QED) is 0.332. The molecule has 3 aromatic heterocycles. The number of nitrogens with zero attached hydrogens (tertiary/aromatic N) is 7. The van der Waals surface area contributed by atoms with Crippen LogP contribution in [0, 0.1) is 5.82 Å². The fraction of sp³-hybridized carbons (Fsp3) is 0.241. The second-order valence-electron chi connectivity index (χ2n) is 9.51. The molecule has 6 rings (SSSR count). The van der Waals surface area contributed by atoms with E-state index in [4.69, 9.17) is 9.72 Å². The molecule has 192 valence electrons. The van der Waals surface area contributed by atoms with Crippen LogP contribution >= 0.6 is 0 Å². The number of hydrogen-bond acceptors (Lipinski definition) is 7. The number of rotatable bonds is 6. The van der Waals surface area contributed by atoms with E-state index in [-0.39, 0.29) is 5.82 Å². The zero-order valence-electron chi connectivity index (χ0n) is 21.4. The summed E-state index contributed by atoms with van der Waals surface area (Å²) in [7, 11) is 3.46. The molecule has 1 saturated heterocycles. The van der Waals surface area contributed by atoms with Gasteiger partial charge in [-0.1, -0.05) is 6.07 Å². The van der Waals surface area contributed by atoms with Crippen LogP contribution in [0.25, 0.3) is 33.2 Å². The first-order valence-corrected chi connectivity index (χ1v) is 12.6. The lowest BCUT2D eigenvalue weighted by atomic mass is 9.97. The van der Waals surface area contributed by atoms with E-state index in [2.05, 4.69) is 49.1 Å². The van der Waals surface area contributed by atoms with Gasteiger partial charge in [0.15, 0.2) is 0 Å². The van der Waals surface area contributed by atoms with Crippen LogP contribution in [0.4, 0.5) is 10.2 Å². The van der Waals surface area contributed by atoms with Crippen molar-refractivity contribution in [3.8, 4) is 28.0 Å². The van der Waals surface area contributed by atoms with E-state index < -0.39 is 0 Å². The van der Waals surface area contributed by atoms with Gasteiger partial charge < -0.3 is 9.64 Å². The van der Waals surface area contributed by atoms with Gasteiger partial charge in [0, 0.05) is 86.5 Å². The molecule has 2 aromatic carbocycles. The van der Waals surface area contributed by atoms with Crippen LogP contribution in [0.2, 0.25) is 0 Å². The first-order valence-electron chi connectivity index (χ1n) is 12.6. The standard InChI is InChI=1S/C29H28FN7O/c1-35-17-23(15-34-35)22-11-25(26-16-31-19-33-28(26)12-22)20-4-6-29(32-14-20)37-9-7-36(8-10-37)18-21-3-5-24(38-2)13-27(21)30/h3-6,11-17,19H,7-10,18H2,1-2H3. The van der Waals surface area contributed by atoms with E-state index in [1.54, 1.807) is 24.2 Å². The van der Waals surface area contributed by atoms with E-state index >= 15 is 0 Å². The fourth-order valence-electron chi connectivity index (χ4n) is 4.95. The Morgan fingerprint density at radius 3 is 2.47 bits per heavy atom. The van der Waals surface area contributed by atoms with E-state index in [0.29, 0.717) is 17.9 Å². The molecule has 8 nitrogen and oxygen atoms in total. The highest BCUT2D eigenvalue weighted by molar-refractivity contribution is 5.97. The Labute approximate surface area is 220 Å². The molecule has 0 N–H and O–H groups in total. The van der Waals surface area contributed by atoms with Crippen LogP contribution in [0.1, 0.15) is 5.56 Å². The summed E-state index contributed by atoms with van der Waals surface area (Å²) in [6.07, 6.45) is 9.20. The molecule has 0 radical (unpaired) electrons. The molecule has 0 atom stereocenters. The number of aromatic nitrogens is 5. The number of pyridine rings is 1. The summed E-state index contributed by atoms with van der Waals surface area (Å²) in [5.74, 6) is 1.25. The molecule has 1 aliphatic heterocycles. The Balaban J connectivity index is 1.18. The largest absolute Gasteiger partial charge is 0.497 e. The second kappa shape index (κ2) is 10.2. The third-order valence-electron chi connectivity index (χ3n) is 7.07. The molecule has 4 heterocycles. The molecule has 38 heavy (non-hydrogen) atoms. The molecule has 0 bridgehead atoms. The number of piperazine rings is 1. The van der Waals surface area contributed by atoms with Crippen molar-refractivity contribution in [2.24, 2.45) is 7.05 Å². The summed E-state index contributed by atoms with van der Waals surface area (Å²) in [5, 5.41) is 5.30. The van der Waals surface area contributed by atoms with Crippen molar-refractivity contribution >= 4 is 16.7 Å². The van der Waals surface area contributed by atoms with Gasteiger partial charge in [-0.05, 0) is 41.5 Å². The highest BCUT2D eigenvalue weighted by atomic mass is 19.1. The highest BCUT2D eigenvalue weighted by Gasteiger charge is 2.20. The van der Waals surface area contributed by atoms with Gasteiger partial charge in [-0.15, -0.1) is 0 Å². The third kappa shape index (κ3) is 4.80. The van der Waals surface area contributed by atoms with Crippen molar-refractivity contribution in [2.45, 2.75) is 6.54 Å². The minimum absolute atomic E-state index is 0.227. The van der Waals surface area contributed by atoms with Crippen LogP contribution < -0.4 is 9.64 Å². The first-order chi connectivity index (χ1) is 18.6. The van der Waals surface area contributed by atoms with Gasteiger partial charge in [0.2, 0.25) is 0 Å². The van der Waals surface area contributed by atoms with Crippen LogP contribution in [0.5, 0.6) is 5.75 Å². The zero-order valence-corrected chi connectivity index (χ0v) is 21.4. The van der Waals surface area contributed by atoms with Crippen LogP contribution in [0.3, 0.4) is 0 Å². The molecule has 0 unspecified atom stereocenters. The third-order valence-corrected chi connectivity index (χ3v) is 7.07. The van der Waals surface area contributed by atoms with Gasteiger partial charge in [-0.25, -0.2) is 19.3 Å². The number of ether oxygens (including phenoxy) is 1. The van der Waals surface area contributed by atoms with Crippen molar-refractivity contribution < 1.29 is 9.13 Å². The van der Waals surface area contributed by atoms with Crippen LogP contribution in [-0.2, 0) is 13.6 Å². The Morgan fingerprint density at radius 1 is 0.895 bits per heavy atom.